The van der Waals surface area contributed by atoms with Crippen LogP contribution in [0, 0.1) is 5.92 Å². The van der Waals surface area contributed by atoms with Crippen LogP contribution in [-0.4, -0.2) is 29.2 Å². The third kappa shape index (κ3) is 3.99. The van der Waals surface area contributed by atoms with E-state index in [0.717, 1.165) is 18.9 Å². The Labute approximate surface area is 140 Å². The Kier molecular flexibility index (Phi) is 4.76. The summed E-state index contributed by atoms with van der Waals surface area (Å²) in [7, 11) is 0. The molecule has 120 valence electrons. The minimum absolute atomic E-state index is 0.279. The number of nitrogens with zero attached hydrogens (tertiary/aromatic N) is 3. The maximum absolute atomic E-state index is 12.2. The molecule has 2 heterocycles. The molecule has 1 atom stereocenters. The second kappa shape index (κ2) is 6.96. The molecule has 0 radical (unpaired) electrons. The Balaban J connectivity index is 1.66. The van der Waals surface area contributed by atoms with Crippen molar-refractivity contribution in [3.8, 4) is 0 Å². The number of piperidine rings is 1. The molecule has 1 unspecified atom stereocenters. The predicted molar refractivity (Wildman–Crippen MR) is 92.0 cm³/mol. The fourth-order valence-corrected chi connectivity index (χ4v) is 2.87. The summed E-state index contributed by atoms with van der Waals surface area (Å²) in [6.07, 6.45) is 2.42. The lowest BCUT2D eigenvalue weighted by atomic mass is 10.0. The zero-order valence-corrected chi connectivity index (χ0v) is 13.8. The van der Waals surface area contributed by atoms with Gasteiger partial charge in [-0.15, -0.1) is 10.2 Å². The molecule has 0 spiro atoms. The third-order valence-electron chi connectivity index (χ3n) is 3.97. The van der Waals surface area contributed by atoms with Crippen molar-refractivity contribution < 1.29 is 4.79 Å². The number of carbonyl (C=O) groups is 1. The van der Waals surface area contributed by atoms with Gasteiger partial charge in [-0.1, -0.05) is 18.5 Å². The first-order valence-electron chi connectivity index (χ1n) is 7.77. The number of nitrogens with one attached hydrogen (secondary N) is 1. The van der Waals surface area contributed by atoms with Crippen molar-refractivity contribution in [2.75, 3.05) is 23.3 Å². The smallest absolute Gasteiger partial charge is 0.276 e. The highest BCUT2D eigenvalue weighted by molar-refractivity contribution is 6.30. The number of benzene rings is 1. The van der Waals surface area contributed by atoms with Crippen molar-refractivity contribution in [2.45, 2.75) is 19.8 Å². The van der Waals surface area contributed by atoms with Gasteiger partial charge in [0, 0.05) is 23.8 Å². The zero-order valence-electron chi connectivity index (χ0n) is 13.0. The van der Waals surface area contributed by atoms with Crippen LogP contribution in [0.15, 0.2) is 36.4 Å². The van der Waals surface area contributed by atoms with Gasteiger partial charge in [-0.3, -0.25) is 4.79 Å². The second-order valence-electron chi connectivity index (χ2n) is 5.93. The Morgan fingerprint density at radius 1 is 1.22 bits per heavy atom. The van der Waals surface area contributed by atoms with E-state index < -0.39 is 0 Å². The Bertz CT molecular complexity index is 672. The van der Waals surface area contributed by atoms with E-state index in [1.165, 1.54) is 12.8 Å². The van der Waals surface area contributed by atoms with E-state index in [1.807, 2.05) is 6.07 Å². The highest BCUT2D eigenvalue weighted by Gasteiger charge is 2.18. The average Bonchev–Trinajstić information content (AvgIpc) is 2.57. The standard InChI is InChI=1S/C17H19ClN4O/c1-12-3-2-10-22(11-12)16-9-8-15(20-21-16)17(23)19-14-6-4-13(18)5-7-14/h4-9,12H,2-3,10-11H2,1H3,(H,19,23). The van der Waals surface area contributed by atoms with Crippen LogP contribution in [-0.2, 0) is 0 Å². The van der Waals surface area contributed by atoms with Crippen molar-refractivity contribution in [3.05, 3.63) is 47.1 Å². The van der Waals surface area contributed by atoms with Gasteiger partial charge in [0.2, 0.25) is 0 Å². The zero-order chi connectivity index (χ0) is 16.2. The lowest BCUT2D eigenvalue weighted by Crippen LogP contribution is -2.35. The topological polar surface area (TPSA) is 58.1 Å². The van der Waals surface area contributed by atoms with E-state index in [2.05, 4.69) is 27.3 Å². The van der Waals surface area contributed by atoms with E-state index >= 15 is 0 Å². The minimum atomic E-state index is -0.279. The molecule has 1 aromatic carbocycles. The van der Waals surface area contributed by atoms with E-state index in [1.54, 1.807) is 30.3 Å². The maximum atomic E-state index is 12.2. The van der Waals surface area contributed by atoms with Crippen LogP contribution < -0.4 is 10.2 Å². The number of halogens is 1. The maximum Gasteiger partial charge on any atom is 0.276 e. The molecular formula is C17H19ClN4O. The van der Waals surface area contributed by atoms with E-state index in [0.29, 0.717) is 22.3 Å². The lowest BCUT2D eigenvalue weighted by molar-refractivity contribution is 0.102. The number of hydrogen-bond donors (Lipinski definition) is 1. The van der Waals surface area contributed by atoms with Gasteiger partial charge in [-0.25, -0.2) is 0 Å². The van der Waals surface area contributed by atoms with Crippen LogP contribution >= 0.6 is 11.6 Å². The molecule has 23 heavy (non-hydrogen) atoms. The third-order valence-corrected chi connectivity index (χ3v) is 4.22. The second-order valence-corrected chi connectivity index (χ2v) is 6.37. The molecule has 1 N–H and O–H groups in total. The summed E-state index contributed by atoms with van der Waals surface area (Å²) in [5, 5.41) is 11.7. The van der Waals surface area contributed by atoms with Gasteiger partial charge in [-0.2, -0.15) is 0 Å². The minimum Gasteiger partial charge on any atom is -0.355 e. The summed E-state index contributed by atoms with van der Waals surface area (Å²) in [5.74, 6) is 1.22. The van der Waals surface area contributed by atoms with E-state index in [9.17, 15) is 4.79 Å². The SMILES string of the molecule is CC1CCCN(c2ccc(C(=O)Nc3ccc(Cl)cc3)nn2)C1. The highest BCUT2D eigenvalue weighted by Crippen LogP contribution is 2.21. The van der Waals surface area contributed by atoms with Crippen LogP contribution in [0.3, 0.4) is 0 Å². The first-order chi connectivity index (χ1) is 11.1. The summed E-state index contributed by atoms with van der Waals surface area (Å²) < 4.78 is 0. The van der Waals surface area contributed by atoms with Crippen molar-refractivity contribution in [2.24, 2.45) is 5.92 Å². The number of carbonyl (C=O) groups excluding carboxylic acids is 1. The van der Waals surface area contributed by atoms with Gasteiger partial charge >= 0.3 is 0 Å². The molecule has 3 rings (SSSR count). The molecule has 6 heteroatoms. The fraction of sp³-hybridized carbons (Fsp3) is 0.353. The number of aromatic nitrogens is 2. The lowest BCUT2D eigenvalue weighted by Gasteiger charge is -2.31. The molecule has 1 aliphatic rings. The normalized spacial score (nSPS) is 17.8. The van der Waals surface area contributed by atoms with E-state index in [-0.39, 0.29) is 5.91 Å². The number of amides is 1. The fourth-order valence-electron chi connectivity index (χ4n) is 2.74. The van der Waals surface area contributed by atoms with Gasteiger partial charge in [0.25, 0.3) is 5.91 Å². The average molecular weight is 331 g/mol. The van der Waals surface area contributed by atoms with Gasteiger partial charge < -0.3 is 10.2 Å². The summed E-state index contributed by atoms with van der Waals surface area (Å²) in [5.41, 5.74) is 0.976. The molecule has 0 bridgehead atoms. The Morgan fingerprint density at radius 3 is 2.65 bits per heavy atom. The van der Waals surface area contributed by atoms with Crippen LogP contribution in [0.4, 0.5) is 11.5 Å². The van der Waals surface area contributed by atoms with Crippen molar-refractivity contribution >= 4 is 29.0 Å². The molecule has 5 nitrogen and oxygen atoms in total. The van der Waals surface area contributed by atoms with Crippen LogP contribution in [0.5, 0.6) is 0 Å². The van der Waals surface area contributed by atoms with Crippen molar-refractivity contribution in [3.63, 3.8) is 0 Å². The van der Waals surface area contributed by atoms with Gasteiger partial charge in [0.1, 0.15) is 0 Å². The summed E-state index contributed by atoms with van der Waals surface area (Å²) in [6.45, 7) is 4.23. The van der Waals surface area contributed by atoms with Crippen LogP contribution in [0.25, 0.3) is 0 Å². The number of hydrogen-bond acceptors (Lipinski definition) is 4. The predicted octanol–water partition coefficient (Wildman–Crippen LogP) is 3.62. The first-order valence-corrected chi connectivity index (χ1v) is 8.15. The molecule has 0 aliphatic carbocycles. The first kappa shape index (κ1) is 15.7. The van der Waals surface area contributed by atoms with Crippen molar-refractivity contribution in [1.82, 2.24) is 10.2 Å². The van der Waals surface area contributed by atoms with Crippen molar-refractivity contribution in [1.29, 1.82) is 0 Å². The molecule has 1 fully saturated rings. The van der Waals surface area contributed by atoms with Crippen LogP contribution in [0.1, 0.15) is 30.3 Å². The quantitative estimate of drug-likeness (QED) is 0.933. The highest BCUT2D eigenvalue weighted by atomic mass is 35.5. The Morgan fingerprint density at radius 2 is 2.00 bits per heavy atom. The summed E-state index contributed by atoms with van der Waals surface area (Å²) in [6, 6.07) is 10.5. The largest absolute Gasteiger partial charge is 0.355 e. The Hall–Kier alpha value is -2.14. The summed E-state index contributed by atoms with van der Waals surface area (Å²) >= 11 is 5.83. The molecule has 1 aliphatic heterocycles. The van der Waals surface area contributed by atoms with Gasteiger partial charge in [0.05, 0.1) is 0 Å². The van der Waals surface area contributed by atoms with E-state index in [4.69, 9.17) is 11.6 Å². The van der Waals surface area contributed by atoms with Gasteiger partial charge in [-0.05, 0) is 55.2 Å². The molecule has 1 amide bonds. The molecule has 1 saturated heterocycles. The van der Waals surface area contributed by atoms with Gasteiger partial charge in [0.15, 0.2) is 11.5 Å². The monoisotopic (exact) mass is 330 g/mol. The number of anilines is 2. The number of rotatable bonds is 3. The molecule has 1 aromatic heterocycles. The van der Waals surface area contributed by atoms with Crippen LogP contribution in [0.2, 0.25) is 5.02 Å². The molecule has 2 aromatic rings. The molecule has 0 saturated carbocycles. The summed E-state index contributed by atoms with van der Waals surface area (Å²) in [4.78, 5) is 14.4. The molecular weight excluding hydrogens is 312 g/mol.